The Hall–Kier alpha value is -3.38. The van der Waals surface area contributed by atoms with E-state index in [2.05, 4.69) is 26.6 Å². The number of carbonyl (C=O) groups is 6. The molecule has 4 unspecified atom stereocenters. The summed E-state index contributed by atoms with van der Waals surface area (Å²) in [4.78, 5) is 93.5. The molecule has 5 aliphatic heterocycles. The van der Waals surface area contributed by atoms with Gasteiger partial charge in [0, 0.05) is 95.0 Å². The topological polar surface area (TPSA) is 218 Å². The van der Waals surface area contributed by atoms with Crippen molar-refractivity contribution >= 4 is 35.8 Å². The van der Waals surface area contributed by atoms with Crippen molar-refractivity contribution in [3.8, 4) is 0 Å². The van der Waals surface area contributed by atoms with Gasteiger partial charge in [-0.3, -0.25) is 28.8 Å². The number of nitrogens with one attached hydrogen (secondary N) is 5. The summed E-state index contributed by atoms with van der Waals surface area (Å²) < 4.78 is 38.6. The fourth-order valence-corrected chi connectivity index (χ4v) is 10.6. The zero-order chi connectivity index (χ0) is 48.4. The van der Waals surface area contributed by atoms with E-state index in [1.54, 1.807) is 83.1 Å². The summed E-state index contributed by atoms with van der Waals surface area (Å²) in [5.41, 5.74) is -6.73. The number of hydrogen-bond donors (Lipinski definition) is 5. The van der Waals surface area contributed by atoms with Crippen LogP contribution in [0.5, 0.6) is 0 Å². The van der Waals surface area contributed by atoms with Gasteiger partial charge in [-0.1, -0.05) is 6.42 Å². The highest BCUT2D eigenvalue weighted by Gasteiger charge is 2.69. The van der Waals surface area contributed by atoms with E-state index in [1.165, 1.54) is 0 Å². The molecule has 372 valence electrons. The van der Waals surface area contributed by atoms with E-state index in [4.69, 9.17) is 28.4 Å². The van der Waals surface area contributed by atoms with Crippen LogP contribution in [0.1, 0.15) is 102 Å². The summed E-state index contributed by atoms with van der Waals surface area (Å²) in [7, 11) is 0. The lowest BCUT2D eigenvalue weighted by molar-refractivity contribution is -0.221. The third kappa shape index (κ3) is 10.0. The summed E-state index contributed by atoms with van der Waals surface area (Å²) in [6.07, 6.45) is 2.51. The van der Waals surface area contributed by atoms with Crippen molar-refractivity contribution < 1.29 is 57.2 Å². The average Bonchev–Trinajstić information content (AvgIpc) is 2.98. The first-order chi connectivity index (χ1) is 30.7. The SMILES string of the molecule is CC(C)(OC(=O)C1C(C(=O)OC(C)(C)C2CNC2)C(C(=O)OC(C)(C)C2CNC2)C(C(=O)OC(C)(C)C2CNC2)C(C(=O)OC(C)(C)C2CNC2)C1C(=O)OC(C)(C)C1CNC1)C1CCC1. The maximum absolute atomic E-state index is 15.6. The minimum absolute atomic E-state index is 0.0304. The lowest BCUT2D eigenvalue weighted by Crippen LogP contribution is -2.65. The largest absolute Gasteiger partial charge is 0.459 e. The highest BCUT2D eigenvalue weighted by atomic mass is 16.6. The van der Waals surface area contributed by atoms with E-state index in [0.29, 0.717) is 65.4 Å². The Kier molecular flexibility index (Phi) is 14.2. The molecule has 17 nitrogen and oxygen atoms in total. The zero-order valence-electron chi connectivity index (χ0n) is 41.5. The van der Waals surface area contributed by atoms with Crippen LogP contribution in [0.4, 0.5) is 0 Å². The molecule has 7 aliphatic rings. The van der Waals surface area contributed by atoms with Gasteiger partial charge in [0.05, 0.1) is 35.5 Å². The van der Waals surface area contributed by atoms with Crippen LogP contribution in [0, 0.1) is 71.0 Å². The molecule has 7 fully saturated rings. The van der Waals surface area contributed by atoms with Gasteiger partial charge in [0.2, 0.25) is 0 Å². The zero-order valence-corrected chi connectivity index (χ0v) is 41.5. The van der Waals surface area contributed by atoms with Crippen LogP contribution >= 0.6 is 0 Å². The lowest BCUT2D eigenvalue weighted by atomic mass is 9.56. The molecule has 2 aliphatic carbocycles. The third-order valence-electron chi connectivity index (χ3n) is 17.0. The van der Waals surface area contributed by atoms with Gasteiger partial charge in [-0.15, -0.1) is 0 Å². The summed E-state index contributed by atoms with van der Waals surface area (Å²) in [6, 6.07) is 0. The van der Waals surface area contributed by atoms with Crippen LogP contribution in [0.3, 0.4) is 0 Å². The van der Waals surface area contributed by atoms with E-state index in [9.17, 15) is 0 Å². The Labute approximate surface area is 391 Å². The molecule has 5 saturated heterocycles. The Bertz CT molecular complexity index is 1500. The number of rotatable bonds is 18. The highest BCUT2D eigenvalue weighted by molar-refractivity contribution is 5.98. The molecule has 0 amide bonds. The van der Waals surface area contributed by atoms with Crippen LogP contribution < -0.4 is 26.6 Å². The fraction of sp³-hybridized carbons (Fsp3) is 0.878. The molecule has 7 rings (SSSR count). The molecule has 0 aromatic heterocycles. The third-order valence-corrected chi connectivity index (χ3v) is 17.0. The molecule has 0 radical (unpaired) electrons. The molecular weight excluding hydrogens is 851 g/mol. The molecule has 0 aromatic carbocycles. The second-order valence-corrected chi connectivity index (χ2v) is 23.7. The van der Waals surface area contributed by atoms with Gasteiger partial charge < -0.3 is 55.0 Å². The van der Waals surface area contributed by atoms with Crippen LogP contribution in [-0.4, -0.2) is 135 Å². The first-order valence-corrected chi connectivity index (χ1v) is 24.6. The van der Waals surface area contributed by atoms with E-state index >= 15 is 28.8 Å². The normalized spacial score (nSPS) is 28.7. The van der Waals surface area contributed by atoms with Gasteiger partial charge in [0.15, 0.2) is 0 Å². The first kappa shape index (κ1) is 50.5. The maximum Gasteiger partial charge on any atom is 0.311 e. The molecule has 0 spiro atoms. The van der Waals surface area contributed by atoms with Crippen molar-refractivity contribution in [1.82, 2.24) is 26.6 Å². The van der Waals surface area contributed by atoms with Crippen LogP contribution in [0.25, 0.3) is 0 Å². The number of esters is 6. The van der Waals surface area contributed by atoms with Crippen LogP contribution in [0.15, 0.2) is 0 Å². The van der Waals surface area contributed by atoms with Crippen LogP contribution in [-0.2, 0) is 57.2 Å². The predicted molar refractivity (Wildman–Crippen MR) is 241 cm³/mol. The number of ether oxygens (including phenoxy) is 6. The highest BCUT2D eigenvalue weighted by Crippen LogP contribution is 2.53. The molecule has 17 heteroatoms. The monoisotopic (exact) mass is 930 g/mol. The lowest BCUT2D eigenvalue weighted by Gasteiger charge is -2.51. The van der Waals surface area contributed by atoms with Gasteiger partial charge >= 0.3 is 35.8 Å². The molecule has 0 aromatic rings. The number of hydrogen-bond acceptors (Lipinski definition) is 17. The van der Waals surface area contributed by atoms with Crippen molar-refractivity contribution in [3.05, 3.63) is 0 Å². The molecular formula is C49H79N5O12. The minimum Gasteiger partial charge on any atom is -0.459 e. The molecule has 66 heavy (non-hydrogen) atoms. The Morgan fingerprint density at radius 1 is 0.288 bits per heavy atom. The van der Waals surface area contributed by atoms with Crippen molar-refractivity contribution in [3.63, 3.8) is 0 Å². The van der Waals surface area contributed by atoms with Crippen molar-refractivity contribution in [2.45, 2.75) is 136 Å². The number of carbonyl (C=O) groups excluding carboxylic acids is 6. The molecule has 0 bridgehead atoms. The maximum atomic E-state index is 15.6. The summed E-state index contributed by atoms with van der Waals surface area (Å²) in [5.74, 6) is -18.0. The summed E-state index contributed by atoms with van der Waals surface area (Å²) >= 11 is 0. The van der Waals surface area contributed by atoms with Gasteiger partial charge in [-0.05, 0) is 102 Å². The standard InChI is InChI=1S/C49H79N5O12/c1-44(2,26-14-13-15-26)61-38(55)32-33(39(56)62-45(3,4)27-16-50-17-27)35(41(58)64-47(7,8)29-20-52-21-29)37(43(60)66-49(11,12)31-24-54-25-31)36(42(59)65-48(9,10)30-22-53-23-30)34(32)40(57)63-46(5,6)28-18-51-19-28/h26-37,50-54H,13-25H2,1-12H3. The van der Waals surface area contributed by atoms with Crippen molar-refractivity contribution in [2.75, 3.05) is 65.4 Å². The Morgan fingerprint density at radius 3 is 0.545 bits per heavy atom. The van der Waals surface area contributed by atoms with Crippen LogP contribution in [0.2, 0.25) is 0 Å². The van der Waals surface area contributed by atoms with Crippen molar-refractivity contribution in [2.24, 2.45) is 71.0 Å². The Morgan fingerprint density at radius 2 is 0.439 bits per heavy atom. The minimum atomic E-state index is -1.89. The van der Waals surface area contributed by atoms with Gasteiger partial charge in [0.1, 0.15) is 33.6 Å². The van der Waals surface area contributed by atoms with E-state index in [-0.39, 0.29) is 35.5 Å². The smallest absolute Gasteiger partial charge is 0.311 e. The van der Waals surface area contributed by atoms with Gasteiger partial charge in [-0.25, -0.2) is 0 Å². The first-order valence-electron chi connectivity index (χ1n) is 24.6. The van der Waals surface area contributed by atoms with Crippen molar-refractivity contribution in [1.29, 1.82) is 0 Å². The quantitative estimate of drug-likeness (QED) is 0.0986. The van der Waals surface area contributed by atoms with E-state index < -0.39 is 105 Å². The van der Waals surface area contributed by atoms with Gasteiger partial charge in [-0.2, -0.15) is 0 Å². The Balaban J connectivity index is 1.45. The molecule has 2 saturated carbocycles. The second-order valence-electron chi connectivity index (χ2n) is 23.7. The van der Waals surface area contributed by atoms with E-state index in [0.717, 1.165) is 19.3 Å². The fourth-order valence-electron chi connectivity index (χ4n) is 10.6. The molecule has 5 N–H and O–H groups in total. The summed E-state index contributed by atoms with van der Waals surface area (Å²) in [5, 5.41) is 16.1. The predicted octanol–water partition coefficient (Wildman–Crippen LogP) is 2.53. The average molecular weight is 930 g/mol. The molecule has 4 atom stereocenters. The van der Waals surface area contributed by atoms with Gasteiger partial charge in [0.25, 0.3) is 0 Å². The summed E-state index contributed by atoms with van der Waals surface area (Å²) in [6.45, 7) is 26.6. The molecule has 5 heterocycles. The van der Waals surface area contributed by atoms with E-state index in [1.807, 2.05) is 0 Å². The second kappa shape index (κ2) is 18.5.